The van der Waals surface area contributed by atoms with Crippen LogP contribution in [0.25, 0.3) is 0 Å². The first-order chi connectivity index (χ1) is 7.58. The van der Waals surface area contributed by atoms with Crippen molar-refractivity contribution in [3.8, 4) is 0 Å². The number of aromatic nitrogens is 2. The number of hydrogen-bond donors (Lipinski definition) is 0. The highest BCUT2D eigenvalue weighted by atomic mass is 127. The summed E-state index contributed by atoms with van der Waals surface area (Å²) in [6, 6.07) is 5.48. The molecule has 16 heavy (non-hydrogen) atoms. The summed E-state index contributed by atoms with van der Waals surface area (Å²) in [5.41, 5.74) is 0.886. The molecule has 0 bridgehead atoms. The van der Waals surface area contributed by atoms with E-state index in [0.29, 0.717) is 16.6 Å². The van der Waals surface area contributed by atoms with Gasteiger partial charge in [0.25, 0.3) is 0 Å². The number of hydrogen-bond acceptors (Lipinski definition) is 1. The maximum atomic E-state index is 6.09. The minimum absolute atomic E-state index is 0.570. The van der Waals surface area contributed by atoms with Crippen molar-refractivity contribution in [3.05, 3.63) is 48.2 Å². The SMILES string of the molecule is Clc1cccc(Cl)c1Cn1cc(Br)c(I)n1. The lowest BCUT2D eigenvalue weighted by Crippen LogP contribution is -2.01. The molecule has 0 N–H and O–H groups in total. The Hall–Kier alpha value is 0.220. The van der Waals surface area contributed by atoms with E-state index >= 15 is 0 Å². The van der Waals surface area contributed by atoms with Crippen LogP contribution in [0.2, 0.25) is 10.0 Å². The van der Waals surface area contributed by atoms with Crippen molar-refractivity contribution in [1.82, 2.24) is 9.78 Å². The molecule has 0 fully saturated rings. The monoisotopic (exact) mass is 430 g/mol. The molecule has 0 spiro atoms. The third-order valence-electron chi connectivity index (χ3n) is 2.06. The Labute approximate surface area is 125 Å². The summed E-state index contributed by atoms with van der Waals surface area (Å²) in [7, 11) is 0. The van der Waals surface area contributed by atoms with Crippen molar-refractivity contribution in [3.63, 3.8) is 0 Å². The summed E-state index contributed by atoms with van der Waals surface area (Å²) in [6.07, 6.45) is 1.90. The molecule has 0 saturated heterocycles. The molecule has 2 aromatic rings. The molecule has 0 aliphatic carbocycles. The molecule has 1 aromatic heterocycles. The molecule has 0 aliphatic rings. The standard InChI is InChI=1S/C10H6BrCl2IN2/c11-7-5-16(15-10(7)14)4-6-8(12)2-1-3-9(6)13/h1-3,5H,4H2. The van der Waals surface area contributed by atoms with Gasteiger partial charge in [-0.15, -0.1) is 0 Å². The lowest BCUT2D eigenvalue weighted by Gasteiger charge is -2.06. The average molecular weight is 432 g/mol. The van der Waals surface area contributed by atoms with Gasteiger partial charge >= 0.3 is 0 Å². The number of rotatable bonds is 2. The summed E-state index contributed by atoms with van der Waals surface area (Å²) < 4.78 is 3.69. The van der Waals surface area contributed by atoms with E-state index in [9.17, 15) is 0 Å². The van der Waals surface area contributed by atoms with E-state index in [2.05, 4.69) is 43.6 Å². The van der Waals surface area contributed by atoms with Crippen LogP contribution in [0.3, 0.4) is 0 Å². The molecule has 0 amide bonds. The van der Waals surface area contributed by atoms with E-state index in [0.717, 1.165) is 13.7 Å². The van der Waals surface area contributed by atoms with Gasteiger partial charge in [-0.1, -0.05) is 29.3 Å². The zero-order valence-corrected chi connectivity index (χ0v) is 13.2. The minimum Gasteiger partial charge on any atom is -0.266 e. The van der Waals surface area contributed by atoms with Crippen LogP contribution in [-0.2, 0) is 6.54 Å². The Morgan fingerprint density at radius 2 is 1.94 bits per heavy atom. The molecule has 2 nitrogen and oxygen atoms in total. The van der Waals surface area contributed by atoms with E-state index < -0.39 is 0 Å². The fourth-order valence-corrected chi connectivity index (χ4v) is 2.55. The van der Waals surface area contributed by atoms with Crippen LogP contribution >= 0.6 is 61.7 Å². The highest BCUT2D eigenvalue weighted by Crippen LogP contribution is 2.26. The maximum absolute atomic E-state index is 6.09. The maximum Gasteiger partial charge on any atom is 0.137 e. The molecule has 2 rings (SSSR count). The molecule has 1 heterocycles. The van der Waals surface area contributed by atoms with Crippen LogP contribution in [-0.4, -0.2) is 9.78 Å². The van der Waals surface area contributed by atoms with Crippen LogP contribution in [0, 0.1) is 3.70 Å². The van der Waals surface area contributed by atoms with E-state index in [4.69, 9.17) is 23.2 Å². The van der Waals surface area contributed by atoms with Crippen molar-refractivity contribution in [2.24, 2.45) is 0 Å². The van der Waals surface area contributed by atoms with Crippen LogP contribution in [0.1, 0.15) is 5.56 Å². The Kier molecular flexibility index (Phi) is 4.15. The molecule has 0 aliphatic heterocycles. The summed E-state index contributed by atoms with van der Waals surface area (Å²) in [5, 5.41) is 5.65. The molecular formula is C10H6BrCl2IN2. The van der Waals surface area contributed by atoms with E-state index in [1.807, 2.05) is 24.4 Å². The Morgan fingerprint density at radius 1 is 1.31 bits per heavy atom. The van der Waals surface area contributed by atoms with Gasteiger partial charge in [0.1, 0.15) is 3.70 Å². The molecule has 0 saturated carbocycles. The van der Waals surface area contributed by atoms with Gasteiger partial charge in [0, 0.05) is 21.8 Å². The fourth-order valence-electron chi connectivity index (χ4n) is 1.30. The highest BCUT2D eigenvalue weighted by Gasteiger charge is 2.08. The number of halogens is 4. The van der Waals surface area contributed by atoms with Gasteiger partial charge in [0.05, 0.1) is 11.0 Å². The Bertz CT molecular complexity index is 488. The topological polar surface area (TPSA) is 17.8 Å². The summed E-state index contributed by atoms with van der Waals surface area (Å²) in [6.45, 7) is 0.570. The first-order valence-corrected chi connectivity index (χ1v) is 7.02. The largest absolute Gasteiger partial charge is 0.266 e. The Morgan fingerprint density at radius 3 is 2.44 bits per heavy atom. The predicted molar refractivity (Wildman–Crippen MR) is 78.2 cm³/mol. The smallest absolute Gasteiger partial charge is 0.137 e. The first-order valence-electron chi connectivity index (χ1n) is 4.39. The van der Waals surface area contributed by atoms with E-state index in [-0.39, 0.29) is 0 Å². The summed E-state index contributed by atoms with van der Waals surface area (Å²) >= 11 is 17.7. The predicted octanol–water partition coefficient (Wildman–Crippen LogP) is 4.61. The lowest BCUT2D eigenvalue weighted by molar-refractivity contribution is 0.681. The van der Waals surface area contributed by atoms with Gasteiger partial charge in [0.15, 0.2) is 0 Å². The van der Waals surface area contributed by atoms with Crippen molar-refractivity contribution in [2.75, 3.05) is 0 Å². The van der Waals surface area contributed by atoms with Crippen LogP contribution < -0.4 is 0 Å². The molecule has 0 radical (unpaired) electrons. The zero-order valence-electron chi connectivity index (χ0n) is 7.92. The normalized spacial score (nSPS) is 10.8. The Balaban J connectivity index is 2.33. The van der Waals surface area contributed by atoms with Crippen LogP contribution in [0.15, 0.2) is 28.9 Å². The average Bonchev–Trinajstić information content (AvgIpc) is 2.53. The summed E-state index contributed by atoms with van der Waals surface area (Å²) in [4.78, 5) is 0. The second-order valence-electron chi connectivity index (χ2n) is 3.17. The zero-order chi connectivity index (χ0) is 11.7. The lowest BCUT2D eigenvalue weighted by atomic mass is 10.2. The molecule has 1 aromatic carbocycles. The quantitative estimate of drug-likeness (QED) is 0.635. The summed E-state index contributed by atoms with van der Waals surface area (Å²) in [5.74, 6) is 0. The molecular weight excluding hydrogens is 426 g/mol. The van der Waals surface area contributed by atoms with Gasteiger partial charge in [0.2, 0.25) is 0 Å². The van der Waals surface area contributed by atoms with Gasteiger partial charge in [-0.25, -0.2) is 0 Å². The van der Waals surface area contributed by atoms with E-state index in [1.165, 1.54) is 0 Å². The van der Waals surface area contributed by atoms with Crippen LogP contribution in [0.5, 0.6) is 0 Å². The van der Waals surface area contributed by atoms with Crippen molar-refractivity contribution >= 4 is 61.7 Å². The second kappa shape index (κ2) is 5.25. The van der Waals surface area contributed by atoms with Gasteiger partial charge in [-0.3, -0.25) is 4.68 Å². The van der Waals surface area contributed by atoms with Crippen LogP contribution in [0.4, 0.5) is 0 Å². The third-order valence-corrected chi connectivity index (χ3v) is 4.88. The third kappa shape index (κ3) is 2.72. The first kappa shape index (κ1) is 12.7. The van der Waals surface area contributed by atoms with Gasteiger partial charge in [-0.05, 0) is 50.7 Å². The molecule has 0 atom stereocenters. The second-order valence-corrected chi connectivity index (χ2v) is 5.86. The highest BCUT2D eigenvalue weighted by molar-refractivity contribution is 14.1. The fraction of sp³-hybridized carbons (Fsp3) is 0.100. The van der Waals surface area contributed by atoms with Gasteiger partial charge < -0.3 is 0 Å². The molecule has 0 unspecified atom stereocenters. The number of benzene rings is 1. The number of nitrogens with zero attached hydrogens (tertiary/aromatic N) is 2. The molecule has 84 valence electrons. The van der Waals surface area contributed by atoms with E-state index in [1.54, 1.807) is 4.68 Å². The van der Waals surface area contributed by atoms with Crippen molar-refractivity contribution in [2.45, 2.75) is 6.54 Å². The minimum atomic E-state index is 0.570. The molecule has 6 heteroatoms. The van der Waals surface area contributed by atoms with Crippen molar-refractivity contribution < 1.29 is 0 Å². The van der Waals surface area contributed by atoms with Gasteiger partial charge in [-0.2, -0.15) is 5.10 Å². The van der Waals surface area contributed by atoms with Crippen molar-refractivity contribution in [1.29, 1.82) is 0 Å².